The minimum Gasteiger partial charge on any atom is -0.393 e. The van der Waals surface area contributed by atoms with Gasteiger partial charge in [-0.15, -0.1) is 13.2 Å². The molecule has 0 saturated heterocycles. The van der Waals surface area contributed by atoms with Crippen molar-refractivity contribution in [2.45, 2.75) is 111 Å². The van der Waals surface area contributed by atoms with Gasteiger partial charge in [-0.1, -0.05) is 51.5 Å². The molecule has 3 aliphatic rings. The van der Waals surface area contributed by atoms with E-state index < -0.39 is 60.7 Å². The molecule has 0 bridgehead atoms. The molecule has 0 spiro atoms. The maximum Gasteiger partial charge on any atom is 0.522 e. The van der Waals surface area contributed by atoms with Gasteiger partial charge in [0.2, 0.25) is 0 Å². The van der Waals surface area contributed by atoms with E-state index in [1.165, 1.54) is 0 Å². The largest absolute Gasteiger partial charge is 0.522 e. The first-order valence-electron chi connectivity index (χ1n) is 15.1. The van der Waals surface area contributed by atoms with Gasteiger partial charge in [0.05, 0.1) is 39.9 Å². The van der Waals surface area contributed by atoms with Crippen molar-refractivity contribution in [1.29, 1.82) is 0 Å². The third-order valence-corrected chi connectivity index (χ3v) is 13.2. The Morgan fingerprint density at radius 2 is 1.86 bits per heavy atom. The number of allylic oxidation sites excluding steroid dienone is 1. The molecule has 0 aromatic heterocycles. The maximum absolute atomic E-state index is 13.9. The maximum atomic E-state index is 13.9. The van der Waals surface area contributed by atoms with E-state index in [0.29, 0.717) is 30.5 Å². The van der Waals surface area contributed by atoms with Crippen LogP contribution in [-0.4, -0.2) is 62.3 Å². The molecule has 0 aromatic rings. The molecule has 9 unspecified atom stereocenters. The molecule has 3 N–H and O–H groups in total. The van der Waals surface area contributed by atoms with Crippen LogP contribution in [0.5, 0.6) is 0 Å². The van der Waals surface area contributed by atoms with Crippen LogP contribution in [0.3, 0.4) is 0 Å². The molecule has 3 saturated carbocycles. The fraction of sp³-hybridized carbons (Fsp3) is 0.897. The minimum absolute atomic E-state index is 0.0263. The van der Waals surface area contributed by atoms with Crippen LogP contribution in [0, 0.1) is 33.5 Å². The molecule has 0 amide bonds. The molecule has 2 radical (unpaired) electrons. The minimum atomic E-state index is -4.87. The highest BCUT2D eigenvalue weighted by Gasteiger charge is 2.74. The van der Waals surface area contributed by atoms with Crippen LogP contribution >= 0.6 is 20.0 Å². The van der Waals surface area contributed by atoms with Gasteiger partial charge in [0.25, 0.3) is 0 Å². The molecule has 240 valence electrons. The zero-order valence-electron chi connectivity index (χ0n) is 25.7. The van der Waals surface area contributed by atoms with Crippen molar-refractivity contribution in [2.24, 2.45) is 39.2 Å². The summed E-state index contributed by atoms with van der Waals surface area (Å²) >= 11 is 5.80. The van der Waals surface area contributed by atoms with E-state index >= 15 is 0 Å². The summed E-state index contributed by atoms with van der Waals surface area (Å²) in [6.07, 6.45) is -0.569. The monoisotopic (exact) mass is 637 g/mol. The summed E-state index contributed by atoms with van der Waals surface area (Å²) in [6, 6.07) is -0.562. The Morgan fingerprint density at radius 3 is 2.36 bits per heavy atom. The Morgan fingerprint density at radius 1 is 1.24 bits per heavy atom. The average molecular weight is 638 g/mol. The van der Waals surface area contributed by atoms with Crippen molar-refractivity contribution in [3.8, 4) is 0 Å². The second-order valence-electron chi connectivity index (χ2n) is 12.5. The van der Waals surface area contributed by atoms with Crippen LogP contribution in [0.2, 0.25) is 6.32 Å². The Balaban J connectivity index is 2.38. The lowest BCUT2D eigenvalue weighted by Crippen LogP contribution is -2.72. The molecule has 9 atom stereocenters. The summed E-state index contributed by atoms with van der Waals surface area (Å²) < 4.78 is 77.5. The number of ether oxygens (including phenoxy) is 1. The normalized spacial score (nSPS) is 41.4. The van der Waals surface area contributed by atoms with Gasteiger partial charge in [-0.2, -0.15) is 0 Å². The SMILES string of the molecule is [B]CC1(C)C(O)CCC2(CC)C3CC(N)C(=S)CC(OP(=O)(OCC)OCC)C3(/C=C/C)C(C)CC12COC(F)(F)F. The summed E-state index contributed by atoms with van der Waals surface area (Å²) in [4.78, 5) is 0.533. The average Bonchev–Trinajstić information content (AvgIpc) is 3.01. The summed E-state index contributed by atoms with van der Waals surface area (Å²) in [7, 11) is 2.35. The van der Waals surface area contributed by atoms with Crippen LogP contribution < -0.4 is 5.73 Å². The highest BCUT2D eigenvalue weighted by atomic mass is 32.1. The van der Waals surface area contributed by atoms with E-state index in [4.69, 9.17) is 44.1 Å². The van der Waals surface area contributed by atoms with E-state index in [1.54, 1.807) is 20.8 Å². The van der Waals surface area contributed by atoms with E-state index in [9.17, 15) is 22.8 Å². The van der Waals surface area contributed by atoms with Crippen molar-refractivity contribution in [3.63, 3.8) is 0 Å². The topological polar surface area (TPSA) is 100 Å². The summed E-state index contributed by atoms with van der Waals surface area (Å²) in [6.45, 7) is 10.5. The zero-order valence-corrected chi connectivity index (χ0v) is 27.5. The number of hydrogen-bond acceptors (Lipinski definition) is 8. The summed E-state index contributed by atoms with van der Waals surface area (Å²) in [5.41, 5.74) is 2.79. The molecular formula is C29H48BF3NO6PS. The lowest BCUT2D eigenvalue weighted by Gasteiger charge is -2.74. The molecule has 13 heteroatoms. The number of nitrogens with two attached hydrogens (primary N) is 1. The number of thiocarbonyl (C=S) groups is 1. The molecule has 7 nitrogen and oxygen atoms in total. The smallest absolute Gasteiger partial charge is 0.393 e. The highest BCUT2D eigenvalue weighted by molar-refractivity contribution is 7.80. The van der Waals surface area contributed by atoms with Crippen LogP contribution in [0.4, 0.5) is 13.2 Å². The van der Waals surface area contributed by atoms with Gasteiger partial charge < -0.3 is 10.8 Å². The molecule has 3 aliphatic carbocycles. The fourth-order valence-electron chi connectivity index (χ4n) is 9.21. The molecule has 0 heterocycles. The van der Waals surface area contributed by atoms with Gasteiger partial charge in [0.15, 0.2) is 0 Å². The van der Waals surface area contributed by atoms with Crippen molar-refractivity contribution < 1.29 is 41.2 Å². The number of rotatable bonds is 11. The van der Waals surface area contributed by atoms with Crippen molar-refractivity contribution >= 4 is 32.8 Å². The zero-order chi connectivity index (χ0) is 31.8. The molecule has 0 aliphatic heterocycles. The van der Waals surface area contributed by atoms with Crippen LogP contribution in [0.1, 0.15) is 80.1 Å². The standard InChI is InChI=1S/C29H48BF3NO6PS/c1-7-12-28-19(5)16-27(18-37-29(31,32)33)25(6,17-30)23(35)11-13-26(27,8-2)22(28)14-20(34)21(42)15-24(28)40-41(36,38-9-3)39-10-4/h7,12,19-20,22-24,35H,8-11,13-18,34H2,1-6H3/b12-7+. The summed E-state index contributed by atoms with van der Waals surface area (Å²) in [5.74, 6) is -0.733. The molecule has 42 heavy (non-hydrogen) atoms. The van der Waals surface area contributed by atoms with Gasteiger partial charge in [0, 0.05) is 28.2 Å². The number of hydrogen-bond donors (Lipinski definition) is 2. The number of alkyl halides is 3. The quantitative estimate of drug-likeness (QED) is 0.109. The van der Waals surface area contributed by atoms with Crippen molar-refractivity contribution in [2.75, 3.05) is 19.8 Å². The molecule has 0 aromatic carbocycles. The van der Waals surface area contributed by atoms with Crippen LogP contribution in [0.15, 0.2) is 12.2 Å². The second-order valence-corrected chi connectivity index (χ2v) is 14.7. The number of phosphoric acid groups is 1. The molecular weight excluding hydrogens is 589 g/mol. The number of aliphatic hydroxyl groups excluding tert-OH is 1. The lowest BCUT2D eigenvalue weighted by atomic mass is 9.31. The van der Waals surface area contributed by atoms with Crippen LogP contribution in [0.25, 0.3) is 0 Å². The van der Waals surface area contributed by atoms with Crippen molar-refractivity contribution in [3.05, 3.63) is 12.2 Å². The Kier molecular flexibility index (Phi) is 11.4. The third-order valence-electron chi connectivity index (χ3n) is 11.1. The first-order valence-corrected chi connectivity index (χ1v) is 17.0. The predicted octanol–water partition coefficient (Wildman–Crippen LogP) is 6.93. The number of aliphatic hydroxyl groups is 1. The highest BCUT2D eigenvalue weighted by Crippen LogP contribution is 2.77. The Hall–Kier alpha value is -0.325. The summed E-state index contributed by atoms with van der Waals surface area (Å²) in [5, 5.41) is 11.4. The predicted molar refractivity (Wildman–Crippen MR) is 161 cm³/mol. The third kappa shape index (κ3) is 5.86. The fourth-order valence-corrected chi connectivity index (χ4v) is 10.9. The van der Waals surface area contributed by atoms with E-state index in [1.807, 2.05) is 32.9 Å². The first-order chi connectivity index (χ1) is 19.5. The number of phosphoric ester groups is 1. The molecule has 3 rings (SSSR count). The number of fused-ring (bicyclic) bond motifs is 3. The van der Waals surface area contributed by atoms with E-state index in [2.05, 4.69) is 0 Å². The Bertz CT molecular complexity index is 1040. The van der Waals surface area contributed by atoms with Crippen molar-refractivity contribution in [1.82, 2.24) is 0 Å². The van der Waals surface area contributed by atoms with Crippen LogP contribution in [-0.2, 0) is 22.9 Å². The van der Waals surface area contributed by atoms with E-state index in [0.717, 1.165) is 0 Å². The van der Waals surface area contributed by atoms with Gasteiger partial charge in [-0.3, -0.25) is 18.3 Å². The lowest BCUT2D eigenvalue weighted by molar-refractivity contribution is -0.364. The Labute approximate surface area is 255 Å². The van der Waals surface area contributed by atoms with Gasteiger partial charge >= 0.3 is 14.2 Å². The van der Waals surface area contributed by atoms with E-state index in [-0.39, 0.29) is 44.2 Å². The van der Waals surface area contributed by atoms with Gasteiger partial charge in [-0.25, -0.2) is 4.57 Å². The second kappa shape index (κ2) is 13.2. The molecule has 3 fully saturated rings. The number of halogens is 3. The van der Waals surface area contributed by atoms with Gasteiger partial charge in [0.1, 0.15) is 0 Å². The first kappa shape index (κ1) is 36.1. The van der Waals surface area contributed by atoms with Gasteiger partial charge in [-0.05, 0) is 75.5 Å².